The second-order valence-corrected chi connectivity index (χ2v) is 6.23. The Hall–Kier alpha value is -4.44. The Labute approximate surface area is 179 Å². The minimum absolute atomic E-state index is 0.0758. The molecule has 3 rings (SSSR count). The van der Waals surface area contributed by atoms with Gasteiger partial charge in [0.1, 0.15) is 17.4 Å². The Morgan fingerprint density at radius 3 is 2.32 bits per heavy atom. The molecular weight excluding hydrogens is 396 g/mol. The Morgan fingerprint density at radius 2 is 1.65 bits per heavy atom. The number of allylic oxidation sites excluding steroid dienone is 1. The number of Topliss-reactive ketones (excluding diaryl/α,β-unsaturated/α-hetero) is 1. The van der Waals surface area contributed by atoms with E-state index in [4.69, 9.17) is 14.2 Å². The predicted molar refractivity (Wildman–Crippen MR) is 113 cm³/mol. The minimum Gasteiger partial charge on any atom is -0.496 e. The van der Waals surface area contributed by atoms with Crippen LogP contribution in [0.15, 0.2) is 72.6 Å². The van der Waals surface area contributed by atoms with Crippen molar-refractivity contribution >= 4 is 17.8 Å². The van der Waals surface area contributed by atoms with Gasteiger partial charge in [0.05, 0.1) is 25.3 Å². The standard InChI is InChI=1S/C24H18N2O5/c1-29-20-6-4-3-5-19(20)23(27)18(15-25)13-16-7-8-21(22(14-16)30-2)31-24(28)17-9-11-26-12-10-17/h3-14H,1-2H3/b18-13+. The normalized spacial score (nSPS) is 10.7. The maximum Gasteiger partial charge on any atom is 0.343 e. The average molecular weight is 414 g/mol. The largest absolute Gasteiger partial charge is 0.496 e. The zero-order valence-corrected chi connectivity index (χ0v) is 16.9. The number of rotatable bonds is 7. The molecule has 0 saturated carbocycles. The molecule has 0 radical (unpaired) electrons. The first kappa shape index (κ1) is 21.3. The summed E-state index contributed by atoms with van der Waals surface area (Å²) in [6, 6.07) is 16.4. The first-order valence-corrected chi connectivity index (χ1v) is 9.17. The summed E-state index contributed by atoms with van der Waals surface area (Å²) in [5.41, 5.74) is 1.08. The lowest BCUT2D eigenvalue weighted by molar-refractivity contribution is 0.0729. The van der Waals surface area contributed by atoms with Crippen molar-refractivity contribution in [3.63, 3.8) is 0 Å². The smallest absolute Gasteiger partial charge is 0.343 e. The van der Waals surface area contributed by atoms with Crippen LogP contribution in [0.1, 0.15) is 26.3 Å². The maximum atomic E-state index is 12.8. The second-order valence-electron chi connectivity index (χ2n) is 6.23. The van der Waals surface area contributed by atoms with Gasteiger partial charge in [0.15, 0.2) is 11.5 Å². The number of hydrogen-bond donors (Lipinski definition) is 0. The fraction of sp³-hybridized carbons (Fsp3) is 0.0833. The molecule has 0 N–H and O–H groups in total. The number of methoxy groups -OCH3 is 2. The van der Waals surface area contributed by atoms with Crippen LogP contribution < -0.4 is 14.2 Å². The topological polar surface area (TPSA) is 98.5 Å². The molecule has 0 unspecified atom stereocenters. The van der Waals surface area contributed by atoms with Gasteiger partial charge in [-0.3, -0.25) is 9.78 Å². The third kappa shape index (κ3) is 4.95. The number of nitrogens with zero attached hydrogens (tertiary/aromatic N) is 2. The van der Waals surface area contributed by atoms with Crippen LogP contribution in [-0.2, 0) is 0 Å². The quantitative estimate of drug-likeness (QED) is 0.189. The van der Waals surface area contributed by atoms with Crippen LogP contribution in [0.2, 0.25) is 0 Å². The van der Waals surface area contributed by atoms with Crippen molar-refractivity contribution < 1.29 is 23.8 Å². The summed E-state index contributed by atoms with van der Waals surface area (Å²) >= 11 is 0. The van der Waals surface area contributed by atoms with Crippen LogP contribution in [0.4, 0.5) is 0 Å². The molecule has 31 heavy (non-hydrogen) atoms. The molecule has 2 aromatic carbocycles. The first-order chi connectivity index (χ1) is 15.1. The fourth-order valence-corrected chi connectivity index (χ4v) is 2.80. The van der Waals surface area contributed by atoms with Gasteiger partial charge in [0, 0.05) is 12.4 Å². The van der Waals surface area contributed by atoms with Crippen molar-refractivity contribution in [2.24, 2.45) is 0 Å². The van der Waals surface area contributed by atoms with E-state index in [-0.39, 0.29) is 22.6 Å². The van der Waals surface area contributed by atoms with E-state index in [0.717, 1.165) is 0 Å². The van der Waals surface area contributed by atoms with Gasteiger partial charge in [-0.25, -0.2) is 4.79 Å². The molecular formula is C24H18N2O5. The monoisotopic (exact) mass is 414 g/mol. The second kappa shape index (κ2) is 9.85. The average Bonchev–Trinajstić information content (AvgIpc) is 2.83. The number of hydrogen-bond acceptors (Lipinski definition) is 7. The molecule has 7 nitrogen and oxygen atoms in total. The molecule has 3 aromatic rings. The fourth-order valence-electron chi connectivity index (χ4n) is 2.80. The zero-order chi connectivity index (χ0) is 22.2. The molecule has 1 aromatic heterocycles. The van der Waals surface area contributed by atoms with Gasteiger partial charge in [-0.05, 0) is 48.0 Å². The number of carbonyl (C=O) groups excluding carboxylic acids is 2. The molecule has 7 heteroatoms. The Balaban J connectivity index is 1.88. The van der Waals surface area contributed by atoms with Gasteiger partial charge in [0.25, 0.3) is 0 Å². The van der Waals surface area contributed by atoms with Crippen LogP contribution in [-0.4, -0.2) is 31.0 Å². The van der Waals surface area contributed by atoms with E-state index in [1.165, 1.54) is 50.9 Å². The summed E-state index contributed by atoms with van der Waals surface area (Å²) in [7, 11) is 2.89. The van der Waals surface area contributed by atoms with Gasteiger partial charge in [-0.2, -0.15) is 5.26 Å². The summed E-state index contributed by atoms with van der Waals surface area (Å²) in [5.74, 6) is -0.168. The highest BCUT2D eigenvalue weighted by molar-refractivity contribution is 6.15. The Kier molecular flexibility index (Phi) is 6.76. The number of aromatic nitrogens is 1. The predicted octanol–water partition coefficient (Wildman–Crippen LogP) is 4.11. The van der Waals surface area contributed by atoms with E-state index < -0.39 is 11.8 Å². The van der Waals surface area contributed by atoms with Crippen molar-refractivity contribution in [1.82, 2.24) is 4.98 Å². The third-order valence-corrected chi connectivity index (χ3v) is 4.33. The highest BCUT2D eigenvalue weighted by Gasteiger charge is 2.17. The summed E-state index contributed by atoms with van der Waals surface area (Å²) in [5, 5.41) is 9.52. The van der Waals surface area contributed by atoms with Crippen molar-refractivity contribution in [2.75, 3.05) is 14.2 Å². The molecule has 0 aliphatic rings. The number of ether oxygens (including phenoxy) is 3. The van der Waals surface area contributed by atoms with E-state index >= 15 is 0 Å². The Morgan fingerprint density at radius 1 is 0.935 bits per heavy atom. The van der Waals surface area contributed by atoms with Gasteiger partial charge >= 0.3 is 5.97 Å². The van der Waals surface area contributed by atoms with E-state index in [1.807, 2.05) is 6.07 Å². The number of benzene rings is 2. The van der Waals surface area contributed by atoms with Gasteiger partial charge in [0.2, 0.25) is 5.78 Å². The molecule has 0 aliphatic heterocycles. The van der Waals surface area contributed by atoms with Crippen LogP contribution in [0.3, 0.4) is 0 Å². The van der Waals surface area contributed by atoms with Gasteiger partial charge in [-0.1, -0.05) is 18.2 Å². The van der Waals surface area contributed by atoms with Crippen LogP contribution >= 0.6 is 0 Å². The van der Waals surface area contributed by atoms with Crippen molar-refractivity contribution in [3.8, 4) is 23.3 Å². The summed E-state index contributed by atoms with van der Waals surface area (Å²) in [6.07, 6.45) is 4.42. The van der Waals surface area contributed by atoms with Gasteiger partial charge in [-0.15, -0.1) is 0 Å². The summed E-state index contributed by atoms with van der Waals surface area (Å²) in [4.78, 5) is 29.0. The zero-order valence-electron chi connectivity index (χ0n) is 16.9. The Bertz CT molecular complexity index is 1180. The van der Waals surface area contributed by atoms with Crippen molar-refractivity contribution in [2.45, 2.75) is 0 Å². The number of esters is 1. The number of para-hydroxylation sites is 1. The number of nitriles is 1. The van der Waals surface area contributed by atoms with Crippen LogP contribution in [0.25, 0.3) is 6.08 Å². The molecule has 0 aliphatic carbocycles. The lowest BCUT2D eigenvalue weighted by Crippen LogP contribution is -2.09. The molecule has 0 amide bonds. The number of pyridine rings is 1. The minimum atomic E-state index is -0.562. The molecule has 0 saturated heterocycles. The molecule has 0 atom stereocenters. The van der Waals surface area contributed by atoms with Gasteiger partial charge < -0.3 is 14.2 Å². The highest BCUT2D eigenvalue weighted by Crippen LogP contribution is 2.30. The molecule has 0 fully saturated rings. The van der Waals surface area contributed by atoms with Crippen molar-refractivity contribution in [1.29, 1.82) is 5.26 Å². The van der Waals surface area contributed by atoms with E-state index in [1.54, 1.807) is 36.4 Å². The van der Waals surface area contributed by atoms with Crippen LogP contribution in [0.5, 0.6) is 17.2 Å². The maximum absolute atomic E-state index is 12.8. The number of carbonyl (C=O) groups is 2. The SMILES string of the molecule is COc1cc(/C=C(\C#N)C(=O)c2ccccc2OC)ccc1OC(=O)c1ccncc1. The van der Waals surface area contributed by atoms with Crippen LogP contribution in [0, 0.1) is 11.3 Å². The third-order valence-electron chi connectivity index (χ3n) is 4.33. The highest BCUT2D eigenvalue weighted by atomic mass is 16.6. The lowest BCUT2D eigenvalue weighted by Gasteiger charge is -2.10. The summed E-state index contributed by atoms with van der Waals surface area (Å²) in [6.45, 7) is 0. The molecule has 0 bridgehead atoms. The van der Waals surface area contributed by atoms with E-state index in [0.29, 0.717) is 16.9 Å². The first-order valence-electron chi connectivity index (χ1n) is 9.17. The molecule has 0 spiro atoms. The van der Waals surface area contributed by atoms with E-state index in [9.17, 15) is 14.9 Å². The molecule has 154 valence electrons. The van der Waals surface area contributed by atoms with Crippen molar-refractivity contribution in [3.05, 3.63) is 89.3 Å². The number of ketones is 1. The lowest BCUT2D eigenvalue weighted by atomic mass is 10.0. The van der Waals surface area contributed by atoms with E-state index in [2.05, 4.69) is 4.98 Å². The summed E-state index contributed by atoms with van der Waals surface area (Å²) < 4.78 is 15.9. The molecule has 1 heterocycles.